The molecule has 5 rings (SSSR count). The van der Waals surface area contributed by atoms with Gasteiger partial charge >= 0.3 is 6.18 Å². The lowest BCUT2D eigenvalue weighted by atomic mass is 9.84. The van der Waals surface area contributed by atoms with Gasteiger partial charge in [-0.2, -0.15) is 17.7 Å². The van der Waals surface area contributed by atoms with Crippen LogP contribution in [0, 0.1) is 26.2 Å². The first-order chi connectivity index (χ1) is 15.4. The first-order valence-corrected chi connectivity index (χ1v) is 11.1. The fourth-order valence-electron chi connectivity index (χ4n) is 4.97. The average Bonchev–Trinajstić information content (AvgIpc) is 2.70. The Kier molecular flexibility index (Phi) is 4.59. The number of rotatable bonds is 2. The lowest BCUT2D eigenvalue weighted by Gasteiger charge is -2.27. The van der Waals surface area contributed by atoms with E-state index in [1.807, 2.05) is 25.2 Å². The number of aryl methyl sites for hydroxylation is 3. The molecule has 170 valence electrons. The Bertz CT molecular complexity index is 1460. The van der Waals surface area contributed by atoms with Crippen molar-refractivity contribution in [2.45, 2.75) is 47.2 Å². The molecule has 0 fully saturated rings. The maximum atomic E-state index is 13.5. The van der Waals surface area contributed by atoms with Gasteiger partial charge in [0.2, 0.25) is 5.52 Å². The molecule has 0 spiro atoms. The van der Waals surface area contributed by atoms with Crippen LogP contribution < -0.4 is 9.30 Å². The molecule has 2 heterocycles. The zero-order valence-corrected chi connectivity index (χ0v) is 19.7. The molecule has 0 unspecified atom stereocenters. The van der Waals surface area contributed by atoms with Crippen molar-refractivity contribution in [3.05, 3.63) is 64.7 Å². The molecule has 0 amide bonds. The fourth-order valence-corrected chi connectivity index (χ4v) is 4.97. The highest BCUT2D eigenvalue weighted by atomic mass is 19.4. The van der Waals surface area contributed by atoms with Crippen molar-refractivity contribution in [2.75, 3.05) is 0 Å². The third-order valence-electron chi connectivity index (χ3n) is 7.05. The maximum Gasteiger partial charge on any atom is 0.394 e. The van der Waals surface area contributed by atoms with Crippen LogP contribution in [0.4, 0.5) is 13.2 Å². The number of halogens is 3. The minimum absolute atomic E-state index is 0.0736. The molecule has 5 heteroatoms. The molecule has 4 aromatic rings. The van der Waals surface area contributed by atoms with Gasteiger partial charge in [-0.1, -0.05) is 32.0 Å². The smallest absolute Gasteiger partial charge is 0.394 e. The number of nitrogens with zero attached hydrogens (tertiary/aromatic N) is 1. The van der Waals surface area contributed by atoms with Gasteiger partial charge in [0.1, 0.15) is 12.8 Å². The van der Waals surface area contributed by atoms with E-state index >= 15 is 0 Å². The van der Waals surface area contributed by atoms with Crippen LogP contribution in [0.2, 0.25) is 0 Å². The summed E-state index contributed by atoms with van der Waals surface area (Å²) in [5, 5.41) is 3.15. The van der Waals surface area contributed by atoms with Crippen molar-refractivity contribution in [1.82, 2.24) is 0 Å². The molecule has 0 saturated carbocycles. The van der Waals surface area contributed by atoms with Crippen LogP contribution in [-0.2, 0) is 13.5 Å². The highest BCUT2D eigenvalue weighted by Gasteiger charge is 2.47. The molecule has 2 nitrogen and oxygen atoms in total. The van der Waals surface area contributed by atoms with Gasteiger partial charge in [0.15, 0.2) is 5.75 Å². The topological polar surface area (TPSA) is 13.1 Å². The Morgan fingerprint density at radius 2 is 1.61 bits per heavy atom. The number of aromatic nitrogens is 1. The third kappa shape index (κ3) is 3.28. The lowest BCUT2D eigenvalue weighted by molar-refractivity contribution is -0.633. The zero-order valence-electron chi connectivity index (χ0n) is 19.7. The lowest BCUT2D eigenvalue weighted by Crippen LogP contribution is -2.35. The summed E-state index contributed by atoms with van der Waals surface area (Å²) in [7, 11) is 1.97. The number of pyridine rings is 1. The molecule has 0 aliphatic carbocycles. The number of hydrogen-bond acceptors (Lipinski definition) is 1. The van der Waals surface area contributed by atoms with Crippen molar-refractivity contribution in [1.29, 1.82) is 0 Å². The van der Waals surface area contributed by atoms with Gasteiger partial charge in [-0.3, -0.25) is 0 Å². The molecule has 33 heavy (non-hydrogen) atoms. The first-order valence-electron chi connectivity index (χ1n) is 11.1. The molecule has 1 aliphatic heterocycles. The molecule has 0 radical (unpaired) electrons. The van der Waals surface area contributed by atoms with Crippen LogP contribution in [0.15, 0.2) is 42.5 Å². The standard InChI is InChI=1S/C28H27F3NO/c1-15-9-20-11-16(2)17(3)24-25(20)22(10-15)33-23-13-19-8-7-18(12-21(19)32(6)26(23)24)14-27(4,5)28(29,30)31/h7-13H,14H2,1-6H3/q+1. The predicted octanol–water partition coefficient (Wildman–Crippen LogP) is 7.65. The Hall–Kier alpha value is -3.08. The van der Waals surface area contributed by atoms with Crippen molar-refractivity contribution in [3.8, 4) is 22.8 Å². The molecule has 1 aromatic heterocycles. The summed E-state index contributed by atoms with van der Waals surface area (Å²) in [6, 6.07) is 14.0. The van der Waals surface area contributed by atoms with Crippen LogP contribution in [0.25, 0.3) is 32.9 Å². The number of benzene rings is 3. The van der Waals surface area contributed by atoms with E-state index in [0.717, 1.165) is 50.0 Å². The second-order valence-corrected chi connectivity index (χ2v) is 10.0. The number of hydrogen-bond donors (Lipinski definition) is 0. The van der Waals surface area contributed by atoms with E-state index in [1.54, 1.807) is 6.07 Å². The Morgan fingerprint density at radius 3 is 2.30 bits per heavy atom. The summed E-state index contributed by atoms with van der Waals surface area (Å²) < 4.78 is 49.0. The van der Waals surface area contributed by atoms with E-state index in [9.17, 15) is 13.2 Å². The summed E-state index contributed by atoms with van der Waals surface area (Å²) in [4.78, 5) is 0. The summed E-state index contributed by atoms with van der Waals surface area (Å²) in [6.07, 6.45) is -4.34. The van der Waals surface area contributed by atoms with E-state index < -0.39 is 11.6 Å². The van der Waals surface area contributed by atoms with Crippen LogP contribution in [0.1, 0.15) is 36.1 Å². The second-order valence-electron chi connectivity index (χ2n) is 10.0. The first kappa shape index (κ1) is 21.7. The summed E-state index contributed by atoms with van der Waals surface area (Å²) in [6.45, 7) is 8.80. The minimum Gasteiger partial charge on any atom is -0.450 e. The van der Waals surface area contributed by atoms with E-state index in [1.165, 1.54) is 25.0 Å². The molecule has 0 saturated heterocycles. The second kappa shape index (κ2) is 6.96. The molecule has 0 bridgehead atoms. The fraction of sp³-hybridized carbons (Fsp3) is 0.321. The Morgan fingerprint density at radius 1 is 0.879 bits per heavy atom. The van der Waals surface area contributed by atoms with Crippen molar-refractivity contribution >= 4 is 21.7 Å². The summed E-state index contributed by atoms with van der Waals surface area (Å²) in [5.74, 6) is 1.61. The third-order valence-corrected chi connectivity index (χ3v) is 7.05. The Balaban J connectivity index is 1.77. The molecule has 0 N–H and O–H groups in total. The van der Waals surface area contributed by atoms with Gasteiger partial charge in [-0.25, -0.2) is 0 Å². The monoisotopic (exact) mass is 450 g/mol. The van der Waals surface area contributed by atoms with E-state index in [4.69, 9.17) is 4.74 Å². The van der Waals surface area contributed by atoms with Crippen molar-refractivity contribution in [2.24, 2.45) is 12.5 Å². The zero-order chi connectivity index (χ0) is 23.9. The van der Waals surface area contributed by atoms with E-state index in [0.29, 0.717) is 5.56 Å². The molecular formula is C28H27F3NO+. The highest BCUT2D eigenvalue weighted by Crippen LogP contribution is 2.48. The maximum absolute atomic E-state index is 13.5. The average molecular weight is 451 g/mol. The van der Waals surface area contributed by atoms with E-state index in [2.05, 4.69) is 43.5 Å². The molecule has 1 aliphatic rings. The van der Waals surface area contributed by atoms with Crippen LogP contribution in [0.3, 0.4) is 0 Å². The van der Waals surface area contributed by atoms with Gasteiger partial charge in [0.25, 0.3) is 5.69 Å². The van der Waals surface area contributed by atoms with Gasteiger partial charge in [0, 0.05) is 17.5 Å². The van der Waals surface area contributed by atoms with Gasteiger partial charge in [-0.05, 0) is 67.0 Å². The molecular weight excluding hydrogens is 423 g/mol. The quantitative estimate of drug-likeness (QED) is 0.252. The van der Waals surface area contributed by atoms with Gasteiger partial charge in [-0.15, -0.1) is 0 Å². The number of fused-ring (bicyclic) bond motifs is 3. The molecule has 3 aromatic carbocycles. The normalized spacial score (nSPS) is 13.4. The van der Waals surface area contributed by atoms with E-state index in [-0.39, 0.29) is 6.42 Å². The van der Waals surface area contributed by atoms with Crippen molar-refractivity contribution in [3.63, 3.8) is 0 Å². The summed E-state index contributed by atoms with van der Waals surface area (Å²) in [5.41, 5.74) is 5.36. The number of ether oxygens (including phenoxy) is 1. The van der Waals surface area contributed by atoms with Crippen LogP contribution in [-0.4, -0.2) is 6.18 Å². The van der Waals surface area contributed by atoms with Crippen LogP contribution >= 0.6 is 0 Å². The highest BCUT2D eigenvalue weighted by molar-refractivity contribution is 6.05. The summed E-state index contributed by atoms with van der Waals surface area (Å²) >= 11 is 0. The van der Waals surface area contributed by atoms with Crippen LogP contribution in [0.5, 0.6) is 11.5 Å². The predicted molar refractivity (Wildman–Crippen MR) is 126 cm³/mol. The molecule has 0 atom stereocenters. The van der Waals surface area contributed by atoms with Gasteiger partial charge in [0.05, 0.1) is 16.4 Å². The minimum atomic E-state index is -4.26. The van der Waals surface area contributed by atoms with Gasteiger partial charge < -0.3 is 4.74 Å². The number of alkyl halides is 3. The largest absolute Gasteiger partial charge is 0.450 e. The SMILES string of the molecule is Cc1cc2c3c(c(C)c(C)cc3c1)-c1c(cc3ccc(CC(C)(C)C(F)(F)F)cc3[n+]1C)O2. The van der Waals surface area contributed by atoms with Crippen molar-refractivity contribution < 1.29 is 22.5 Å². The Labute approximate surface area is 191 Å².